The second-order valence-electron chi connectivity index (χ2n) is 7.12. The van der Waals surface area contributed by atoms with Gasteiger partial charge in [0.15, 0.2) is 5.58 Å². The number of hydrogen-bond donors (Lipinski definition) is 3. The first kappa shape index (κ1) is 20.0. The first-order valence-electron chi connectivity index (χ1n) is 9.88. The van der Waals surface area contributed by atoms with Gasteiger partial charge >= 0.3 is 0 Å². The van der Waals surface area contributed by atoms with E-state index in [1.54, 1.807) is 18.4 Å². The van der Waals surface area contributed by atoms with E-state index in [4.69, 9.17) is 14.1 Å². The minimum absolute atomic E-state index is 0.0185. The molecular weight excluding hydrogens is 388 g/mol. The van der Waals surface area contributed by atoms with Crippen LogP contribution in [-0.4, -0.2) is 44.2 Å². The minimum Gasteiger partial charge on any atom is -0.436 e. The Bertz CT molecular complexity index is 1010. The Labute approximate surface area is 173 Å². The number of fused-ring (bicyclic) bond motifs is 2. The van der Waals surface area contributed by atoms with E-state index in [-0.39, 0.29) is 5.91 Å². The molecule has 0 spiro atoms. The summed E-state index contributed by atoms with van der Waals surface area (Å²) in [5.74, 6) is 0.567. The molecule has 0 aliphatic carbocycles. The highest BCUT2D eigenvalue weighted by Gasteiger charge is 2.26. The van der Waals surface area contributed by atoms with Crippen molar-refractivity contribution in [1.29, 1.82) is 0 Å². The van der Waals surface area contributed by atoms with Gasteiger partial charge < -0.3 is 25.1 Å². The summed E-state index contributed by atoms with van der Waals surface area (Å²) in [6, 6.07) is 5.93. The summed E-state index contributed by atoms with van der Waals surface area (Å²) in [5.41, 5.74) is 4.88. The molecule has 29 heavy (non-hydrogen) atoms. The van der Waals surface area contributed by atoms with Gasteiger partial charge in [0.2, 0.25) is 11.8 Å². The van der Waals surface area contributed by atoms with E-state index in [9.17, 15) is 4.79 Å². The van der Waals surface area contributed by atoms with E-state index in [0.29, 0.717) is 25.5 Å². The van der Waals surface area contributed by atoms with Gasteiger partial charge in [0.05, 0.1) is 12.2 Å². The largest absolute Gasteiger partial charge is 0.436 e. The molecule has 3 aromatic rings. The number of aryl methyl sites for hydroxylation is 1. The third kappa shape index (κ3) is 4.35. The van der Waals surface area contributed by atoms with Gasteiger partial charge in [0, 0.05) is 38.0 Å². The smallest absolute Gasteiger partial charge is 0.230 e. The number of anilines is 1. The van der Waals surface area contributed by atoms with Crippen LogP contribution in [0.4, 0.5) is 5.00 Å². The van der Waals surface area contributed by atoms with Crippen LogP contribution in [0.2, 0.25) is 0 Å². The molecule has 0 saturated carbocycles. The van der Waals surface area contributed by atoms with Crippen molar-refractivity contribution in [2.24, 2.45) is 0 Å². The lowest BCUT2D eigenvalue weighted by molar-refractivity contribution is -0.116. The molecule has 1 aromatic carbocycles. The number of benzene rings is 1. The van der Waals surface area contributed by atoms with E-state index in [1.807, 2.05) is 25.1 Å². The van der Waals surface area contributed by atoms with E-state index in [0.717, 1.165) is 53.3 Å². The van der Waals surface area contributed by atoms with Crippen LogP contribution in [0.25, 0.3) is 22.6 Å². The maximum atomic E-state index is 12.5. The topological polar surface area (TPSA) is 88.4 Å². The number of thiophene rings is 1. The van der Waals surface area contributed by atoms with Crippen LogP contribution in [0.15, 0.2) is 22.6 Å². The summed E-state index contributed by atoms with van der Waals surface area (Å²) in [5, 5.41) is 10.5. The van der Waals surface area contributed by atoms with Gasteiger partial charge in [-0.15, -0.1) is 11.3 Å². The van der Waals surface area contributed by atoms with Crippen molar-refractivity contribution in [1.82, 2.24) is 15.6 Å². The Morgan fingerprint density at radius 3 is 3.10 bits per heavy atom. The fourth-order valence-electron chi connectivity index (χ4n) is 3.53. The van der Waals surface area contributed by atoms with Gasteiger partial charge in [-0.2, -0.15) is 0 Å². The number of para-hydroxylation sites is 1. The molecule has 0 saturated heterocycles. The van der Waals surface area contributed by atoms with Crippen LogP contribution in [-0.2, 0) is 22.5 Å². The summed E-state index contributed by atoms with van der Waals surface area (Å²) < 4.78 is 11.1. The van der Waals surface area contributed by atoms with E-state index < -0.39 is 0 Å². The summed E-state index contributed by atoms with van der Waals surface area (Å²) in [4.78, 5) is 18.5. The molecule has 1 aliphatic rings. The van der Waals surface area contributed by atoms with Crippen molar-refractivity contribution >= 4 is 33.3 Å². The van der Waals surface area contributed by atoms with Crippen molar-refractivity contribution in [2.75, 3.05) is 38.7 Å². The number of methoxy groups -OCH3 is 1. The average Bonchev–Trinajstić information content (AvgIpc) is 3.29. The first-order chi connectivity index (χ1) is 14.2. The van der Waals surface area contributed by atoms with Crippen molar-refractivity contribution in [3.05, 3.63) is 34.2 Å². The van der Waals surface area contributed by atoms with Crippen LogP contribution in [0.3, 0.4) is 0 Å². The molecule has 0 atom stereocenters. The van der Waals surface area contributed by atoms with Crippen LogP contribution < -0.4 is 16.0 Å². The normalized spacial score (nSPS) is 13.6. The van der Waals surface area contributed by atoms with Crippen LogP contribution in [0.1, 0.15) is 22.4 Å². The number of amides is 1. The molecule has 8 heteroatoms. The molecule has 7 nitrogen and oxygen atoms in total. The van der Waals surface area contributed by atoms with Crippen LogP contribution in [0, 0.1) is 6.92 Å². The number of oxazole rings is 1. The molecule has 0 radical (unpaired) electrons. The zero-order valence-corrected chi connectivity index (χ0v) is 17.6. The molecule has 1 amide bonds. The van der Waals surface area contributed by atoms with Gasteiger partial charge in [0.25, 0.3) is 0 Å². The van der Waals surface area contributed by atoms with Crippen LogP contribution in [0.5, 0.6) is 0 Å². The fraction of sp³-hybridized carbons (Fsp3) is 0.429. The van der Waals surface area contributed by atoms with E-state index in [2.05, 4.69) is 16.0 Å². The standard InChI is InChI=1S/C21H26N4O3S/c1-13-4-3-5-15-19(13)25-20(28-15)18-14-6-8-23-12-16(14)29-21(18)24-17(26)7-9-22-10-11-27-2/h3-5,22-23H,6-12H2,1-2H3,(H,24,26). The van der Waals surface area contributed by atoms with Crippen molar-refractivity contribution in [3.63, 3.8) is 0 Å². The number of rotatable bonds is 8. The second-order valence-corrected chi connectivity index (χ2v) is 8.22. The lowest BCUT2D eigenvalue weighted by atomic mass is 10.0. The van der Waals surface area contributed by atoms with Gasteiger partial charge in [-0.1, -0.05) is 12.1 Å². The van der Waals surface area contributed by atoms with Crippen LogP contribution >= 0.6 is 11.3 Å². The lowest BCUT2D eigenvalue weighted by Crippen LogP contribution is -2.24. The summed E-state index contributed by atoms with van der Waals surface area (Å²) in [6.07, 6.45) is 1.30. The number of hydrogen-bond acceptors (Lipinski definition) is 7. The van der Waals surface area contributed by atoms with Crippen molar-refractivity contribution in [3.8, 4) is 11.5 Å². The molecule has 3 N–H and O–H groups in total. The van der Waals surface area contributed by atoms with Gasteiger partial charge in [0.1, 0.15) is 10.5 Å². The van der Waals surface area contributed by atoms with Gasteiger partial charge in [-0.05, 0) is 37.1 Å². The minimum atomic E-state index is -0.0185. The molecule has 0 unspecified atom stereocenters. The maximum Gasteiger partial charge on any atom is 0.230 e. The number of ether oxygens (including phenoxy) is 1. The van der Waals surface area contributed by atoms with Gasteiger partial charge in [-0.25, -0.2) is 4.98 Å². The number of carbonyl (C=O) groups is 1. The molecule has 0 bridgehead atoms. The third-order valence-corrected chi connectivity index (χ3v) is 6.17. The second kappa shape index (κ2) is 9.04. The highest BCUT2D eigenvalue weighted by atomic mass is 32.1. The molecule has 4 rings (SSSR count). The molecule has 3 heterocycles. The highest BCUT2D eigenvalue weighted by molar-refractivity contribution is 7.17. The van der Waals surface area contributed by atoms with Gasteiger partial charge in [-0.3, -0.25) is 4.79 Å². The predicted molar refractivity (Wildman–Crippen MR) is 115 cm³/mol. The SMILES string of the molecule is COCCNCCC(=O)Nc1sc2c(c1-c1nc3c(C)cccc3o1)CCNC2. The number of nitrogens with one attached hydrogen (secondary N) is 3. The first-order valence-corrected chi connectivity index (χ1v) is 10.7. The van der Waals surface area contributed by atoms with E-state index >= 15 is 0 Å². The number of carbonyl (C=O) groups excluding carboxylic acids is 1. The number of aromatic nitrogens is 1. The molecule has 0 fully saturated rings. The fourth-order valence-corrected chi connectivity index (χ4v) is 4.76. The van der Waals surface area contributed by atoms with Crippen molar-refractivity contribution < 1.29 is 13.9 Å². The van der Waals surface area contributed by atoms with Crippen molar-refractivity contribution in [2.45, 2.75) is 26.3 Å². The molecule has 2 aromatic heterocycles. The maximum absolute atomic E-state index is 12.5. The Hall–Kier alpha value is -2.26. The third-order valence-electron chi connectivity index (χ3n) is 5.03. The Balaban J connectivity index is 1.60. The summed E-state index contributed by atoms with van der Waals surface area (Å²) in [6.45, 7) is 5.72. The zero-order chi connectivity index (χ0) is 20.2. The number of nitrogens with zero attached hydrogens (tertiary/aromatic N) is 1. The monoisotopic (exact) mass is 414 g/mol. The molecule has 154 valence electrons. The Morgan fingerprint density at radius 1 is 1.38 bits per heavy atom. The lowest BCUT2D eigenvalue weighted by Gasteiger charge is -2.13. The Morgan fingerprint density at radius 2 is 2.28 bits per heavy atom. The molecular formula is C21H26N4O3S. The summed E-state index contributed by atoms with van der Waals surface area (Å²) >= 11 is 1.61. The molecule has 1 aliphatic heterocycles. The Kier molecular flexibility index (Phi) is 6.25. The zero-order valence-electron chi connectivity index (χ0n) is 16.8. The average molecular weight is 415 g/mol. The quantitative estimate of drug-likeness (QED) is 0.491. The predicted octanol–water partition coefficient (Wildman–Crippen LogP) is 3.08. The van der Waals surface area contributed by atoms with E-state index in [1.165, 1.54) is 10.4 Å². The highest BCUT2D eigenvalue weighted by Crippen LogP contribution is 2.43. The summed E-state index contributed by atoms with van der Waals surface area (Å²) in [7, 11) is 1.66.